The van der Waals surface area contributed by atoms with Gasteiger partial charge in [0.05, 0.1) is 12.7 Å². The summed E-state index contributed by atoms with van der Waals surface area (Å²) in [7, 11) is -4.25. The molecule has 1 saturated heterocycles. The standard InChI is InChI=1S/C23H31FN3O8P/c1-14(2)33-21(30)15(3)26-36(31,35-17-9-7-6-8-10-17)32-13-18-20(29)23(5,24)22(34-18)27-12-11-19(28)25-16(27)4/h6-12,14-15,18,20,22,29H,4,13H2,1-3,5H3,(H,25,28)(H,26,31)/t15-,18-,20-,22-,23-,36-/m1/s1. The number of hydrogen-bond acceptors (Lipinski definition) is 9. The highest BCUT2D eigenvalue weighted by atomic mass is 31.2. The summed E-state index contributed by atoms with van der Waals surface area (Å²) in [6.45, 7) is 9.00. The van der Waals surface area contributed by atoms with Gasteiger partial charge in [-0.15, -0.1) is 0 Å². The first-order valence-electron chi connectivity index (χ1n) is 11.3. The van der Waals surface area contributed by atoms with Crippen molar-refractivity contribution in [2.45, 2.75) is 63.9 Å². The molecule has 3 rings (SSSR count). The number of nitrogens with zero attached hydrogens (tertiary/aromatic N) is 1. The fourth-order valence-corrected chi connectivity index (χ4v) is 5.06. The third kappa shape index (κ3) is 6.51. The van der Waals surface area contributed by atoms with Gasteiger partial charge in [-0.25, -0.2) is 8.96 Å². The average Bonchev–Trinajstić information content (AvgIpc) is 3.01. The van der Waals surface area contributed by atoms with Gasteiger partial charge in [0.1, 0.15) is 29.8 Å². The molecule has 0 saturated carbocycles. The van der Waals surface area contributed by atoms with Gasteiger partial charge in [-0.2, -0.15) is 5.09 Å². The number of carbonyl (C=O) groups excluding carboxylic acids is 2. The molecule has 0 spiro atoms. The van der Waals surface area contributed by atoms with Gasteiger partial charge in [0.2, 0.25) is 0 Å². The van der Waals surface area contributed by atoms with Crippen LogP contribution in [0.3, 0.4) is 0 Å². The summed E-state index contributed by atoms with van der Waals surface area (Å²) in [4.78, 5) is 25.0. The van der Waals surface area contributed by atoms with E-state index in [0.29, 0.717) is 0 Å². The van der Waals surface area contributed by atoms with E-state index < -0.39 is 62.5 Å². The van der Waals surface area contributed by atoms with Crippen molar-refractivity contribution in [3.8, 4) is 5.75 Å². The zero-order valence-corrected chi connectivity index (χ0v) is 21.3. The minimum Gasteiger partial charge on any atom is -0.462 e. The van der Waals surface area contributed by atoms with E-state index in [1.54, 1.807) is 32.0 Å². The van der Waals surface area contributed by atoms with E-state index in [9.17, 15) is 19.3 Å². The number of alkyl halides is 1. The second kappa shape index (κ2) is 11.1. The lowest BCUT2D eigenvalue weighted by atomic mass is 9.98. The number of benzene rings is 1. The molecule has 36 heavy (non-hydrogen) atoms. The molecule has 1 aromatic rings. The zero-order chi connectivity index (χ0) is 26.7. The van der Waals surface area contributed by atoms with E-state index in [4.69, 9.17) is 18.5 Å². The molecular weight excluding hydrogens is 496 g/mol. The van der Waals surface area contributed by atoms with E-state index >= 15 is 4.39 Å². The van der Waals surface area contributed by atoms with Crippen molar-refractivity contribution in [3.63, 3.8) is 0 Å². The first-order chi connectivity index (χ1) is 16.8. The Hall–Kier alpha value is -2.76. The van der Waals surface area contributed by atoms with E-state index in [1.807, 2.05) is 0 Å². The van der Waals surface area contributed by atoms with Gasteiger partial charge in [0.25, 0.3) is 5.91 Å². The smallest absolute Gasteiger partial charge is 0.459 e. The van der Waals surface area contributed by atoms with Crippen LogP contribution in [0.1, 0.15) is 27.7 Å². The number of aliphatic hydroxyl groups excluding tert-OH is 1. The molecule has 1 fully saturated rings. The molecule has 2 aliphatic rings. The Morgan fingerprint density at radius 1 is 1.36 bits per heavy atom. The van der Waals surface area contributed by atoms with Crippen molar-refractivity contribution in [2.75, 3.05) is 6.61 Å². The van der Waals surface area contributed by atoms with Crippen LogP contribution in [0.2, 0.25) is 0 Å². The van der Waals surface area contributed by atoms with Crippen molar-refractivity contribution in [1.82, 2.24) is 15.3 Å². The molecule has 198 valence electrons. The molecule has 6 atom stereocenters. The second-order valence-corrected chi connectivity index (χ2v) is 10.5. The van der Waals surface area contributed by atoms with Crippen LogP contribution >= 0.6 is 7.75 Å². The van der Waals surface area contributed by atoms with Gasteiger partial charge in [0.15, 0.2) is 11.9 Å². The van der Waals surface area contributed by atoms with Crippen molar-refractivity contribution < 1.29 is 42.2 Å². The number of amides is 1. The molecule has 3 N–H and O–H groups in total. The molecule has 11 nitrogen and oxygen atoms in total. The van der Waals surface area contributed by atoms with Crippen LogP contribution < -0.4 is 14.9 Å². The normalized spacial score (nSPS) is 28.5. The third-order valence-corrected chi connectivity index (χ3v) is 7.01. The molecule has 13 heteroatoms. The average molecular weight is 527 g/mol. The molecule has 0 unspecified atom stereocenters. The lowest BCUT2D eigenvalue weighted by Gasteiger charge is -2.35. The number of rotatable bonds is 10. The summed E-state index contributed by atoms with van der Waals surface area (Å²) in [6, 6.07) is 7.01. The molecule has 0 radical (unpaired) electrons. The second-order valence-electron chi connectivity index (χ2n) is 8.82. The van der Waals surface area contributed by atoms with Crippen LogP contribution in [0.15, 0.2) is 55.0 Å². The quantitative estimate of drug-likeness (QED) is 0.307. The maximum atomic E-state index is 15.5. The lowest BCUT2D eigenvalue weighted by Crippen LogP contribution is -2.51. The maximum absolute atomic E-state index is 15.5. The number of para-hydroxylation sites is 1. The minimum absolute atomic E-state index is 0.0578. The molecular formula is C23H31FN3O8P. The Bertz CT molecular complexity index is 1050. The number of nitrogens with one attached hydrogen (secondary N) is 2. The van der Waals surface area contributed by atoms with Gasteiger partial charge >= 0.3 is 13.7 Å². The van der Waals surface area contributed by atoms with E-state index in [0.717, 1.165) is 13.0 Å². The monoisotopic (exact) mass is 527 g/mol. The lowest BCUT2D eigenvalue weighted by molar-refractivity contribution is -0.149. The highest BCUT2D eigenvalue weighted by Crippen LogP contribution is 2.46. The zero-order valence-electron chi connectivity index (χ0n) is 20.4. The highest BCUT2D eigenvalue weighted by molar-refractivity contribution is 7.52. The third-order valence-electron chi connectivity index (χ3n) is 5.37. The maximum Gasteiger partial charge on any atom is 0.459 e. The number of esters is 1. The summed E-state index contributed by atoms with van der Waals surface area (Å²) in [5.74, 6) is -0.881. The van der Waals surface area contributed by atoms with Crippen molar-refractivity contribution in [2.24, 2.45) is 0 Å². The molecule has 0 aromatic heterocycles. The summed E-state index contributed by atoms with van der Waals surface area (Å²) >= 11 is 0. The van der Waals surface area contributed by atoms with Crippen LogP contribution in [0, 0.1) is 0 Å². The molecule has 2 aliphatic heterocycles. The number of halogens is 1. The number of hydrogen-bond donors (Lipinski definition) is 3. The van der Waals surface area contributed by atoms with Crippen molar-refractivity contribution in [3.05, 3.63) is 55.0 Å². The van der Waals surface area contributed by atoms with Crippen molar-refractivity contribution >= 4 is 19.6 Å². The summed E-state index contributed by atoms with van der Waals surface area (Å²) in [6.07, 6.45) is -2.30. The molecule has 0 bridgehead atoms. The van der Waals surface area contributed by atoms with Gasteiger partial charge in [-0.1, -0.05) is 24.8 Å². The SMILES string of the molecule is C=C1NC(=O)C=CN1[C@@H]1O[C@H](CO[P@](=O)(N[C@H](C)C(=O)OC(C)C)Oc2ccccc2)[C@@H](O)[C@@]1(C)F. The Morgan fingerprint density at radius 3 is 2.64 bits per heavy atom. The Balaban J connectivity index is 1.76. The molecule has 1 amide bonds. The Kier molecular flexibility index (Phi) is 8.58. The van der Waals surface area contributed by atoms with Gasteiger partial charge in [-0.3, -0.25) is 14.1 Å². The van der Waals surface area contributed by atoms with E-state index in [-0.39, 0.29) is 11.6 Å². The Morgan fingerprint density at radius 2 is 2.03 bits per heavy atom. The van der Waals surface area contributed by atoms with Crippen LogP contribution in [0.4, 0.5) is 4.39 Å². The van der Waals surface area contributed by atoms with E-state index in [2.05, 4.69) is 17.0 Å². The van der Waals surface area contributed by atoms with Gasteiger partial charge in [0, 0.05) is 12.3 Å². The number of carbonyl (C=O) groups is 2. The summed E-state index contributed by atoms with van der Waals surface area (Å²) in [5.41, 5.74) is -2.32. The largest absolute Gasteiger partial charge is 0.462 e. The molecule has 2 heterocycles. The minimum atomic E-state index is -4.25. The molecule has 0 aliphatic carbocycles. The van der Waals surface area contributed by atoms with E-state index in [1.165, 1.54) is 30.2 Å². The van der Waals surface area contributed by atoms with Gasteiger partial charge in [-0.05, 0) is 39.8 Å². The topological polar surface area (TPSA) is 136 Å². The summed E-state index contributed by atoms with van der Waals surface area (Å²) < 4.78 is 51.0. The number of ether oxygens (including phenoxy) is 2. The fourth-order valence-electron chi connectivity index (χ4n) is 3.56. The van der Waals surface area contributed by atoms with Crippen LogP contribution in [0.25, 0.3) is 0 Å². The number of aliphatic hydroxyl groups is 1. The van der Waals surface area contributed by atoms with Gasteiger partial charge < -0.3 is 29.3 Å². The summed E-state index contributed by atoms with van der Waals surface area (Å²) in [5, 5.41) is 15.6. The predicted octanol–water partition coefficient (Wildman–Crippen LogP) is 2.35. The Labute approximate surface area is 208 Å². The molecule has 1 aromatic carbocycles. The first-order valence-corrected chi connectivity index (χ1v) is 12.8. The van der Waals surface area contributed by atoms with Crippen LogP contribution in [-0.2, 0) is 28.2 Å². The highest BCUT2D eigenvalue weighted by Gasteiger charge is 2.57. The predicted molar refractivity (Wildman–Crippen MR) is 127 cm³/mol. The van der Waals surface area contributed by atoms with Crippen LogP contribution in [0.5, 0.6) is 5.75 Å². The fraction of sp³-hybridized carbons (Fsp3) is 0.478. The van der Waals surface area contributed by atoms with Crippen molar-refractivity contribution in [1.29, 1.82) is 0 Å². The first kappa shape index (κ1) is 27.8. The van der Waals surface area contributed by atoms with Crippen LogP contribution in [-0.4, -0.2) is 64.7 Å².